The van der Waals surface area contributed by atoms with Crippen LogP contribution < -0.4 is 0 Å². The number of ether oxygens (including phenoxy) is 2. The zero-order valence-electron chi connectivity index (χ0n) is 32.4. The molecule has 0 aliphatic heterocycles. The van der Waals surface area contributed by atoms with Crippen molar-refractivity contribution in [2.45, 2.75) is 211 Å². The first-order chi connectivity index (χ1) is 25.0. The second-order valence-electron chi connectivity index (χ2n) is 14.5. The molecule has 1 aliphatic carbocycles. The minimum atomic E-state index is -5.00. The number of aliphatic hydroxyl groups is 5. The minimum Gasteiger partial charge on any atom is -0.457 e. The highest BCUT2D eigenvalue weighted by molar-refractivity contribution is 7.47. The standard InChI is InChI=1S/C39H75O12P/c1-3-5-7-9-11-13-14-15-16-17-18-19-21-23-25-27-29-48-30-32(50-33(40)28-26-24-22-20-12-10-8-6-4-2)31-49-52(46,47)51-39-37(44)35(42)34(41)36(43)38(39)45/h15-16,32,34-39,41-45H,3-14,17-31H2,1-2H3,(H,46,47)/b16-15-. The molecule has 0 heterocycles. The average Bonchev–Trinajstić information content (AvgIpc) is 3.12. The Kier molecular flexibility index (Phi) is 29.6. The molecule has 1 saturated carbocycles. The second-order valence-corrected chi connectivity index (χ2v) is 15.9. The van der Waals surface area contributed by atoms with E-state index in [0.29, 0.717) is 13.0 Å². The van der Waals surface area contributed by atoms with Crippen LogP contribution in [0.15, 0.2) is 12.2 Å². The molecule has 0 bridgehead atoms. The quantitative estimate of drug-likeness (QED) is 0.0167. The molecule has 6 atom stereocenters. The van der Waals surface area contributed by atoms with Gasteiger partial charge in [0.2, 0.25) is 0 Å². The Bertz CT molecular complexity index is 921. The predicted molar refractivity (Wildman–Crippen MR) is 203 cm³/mol. The number of rotatable bonds is 34. The molecule has 13 heteroatoms. The molecule has 0 radical (unpaired) electrons. The van der Waals surface area contributed by atoms with E-state index in [0.717, 1.165) is 51.4 Å². The van der Waals surface area contributed by atoms with E-state index in [1.807, 2.05) is 0 Å². The van der Waals surface area contributed by atoms with Crippen LogP contribution in [0.1, 0.15) is 168 Å². The lowest BCUT2D eigenvalue weighted by Gasteiger charge is -2.41. The molecule has 6 unspecified atom stereocenters. The molecular weight excluding hydrogens is 691 g/mol. The molecule has 0 aromatic rings. The SMILES string of the molecule is CCCCCCCC/C=C\CCCCCCCCOCC(COP(=O)(O)OC1C(O)C(O)C(O)C(O)C1O)OC(=O)CCCCCCCCCCC. The first kappa shape index (κ1) is 49.1. The highest BCUT2D eigenvalue weighted by Gasteiger charge is 2.51. The fourth-order valence-corrected chi connectivity index (χ4v) is 7.26. The van der Waals surface area contributed by atoms with Crippen molar-refractivity contribution in [3.8, 4) is 0 Å². The number of carbonyl (C=O) groups is 1. The molecule has 0 spiro atoms. The first-order valence-electron chi connectivity index (χ1n) is 20.5. The number of hydrogen-bond acceptors (Lipinski definition) is 11. The van der Waals surface area contributed by atoms with E-state index in [1.165, 1.54) is 89.9 Å². The average molecular weight is 767 g/mol. The van der Waals surface area contributed by atoms with E-state index in [2.05, 4.69) is 26.0 Å². The van der Waals surface area contributed by atoms with Gasteiger partial charge in [-0.2, -0.15) is 0 Å². The Hall–Kier alpha value is -0.920. The van der Waals surface area contributed by atoms with Gasteiger partial charge in [0.25, 0.3) is 0 Å². The van der Waals surface area contributed by atoms with Crippen molar-refractivity contribution in [3.05, 3.63) is 12.2 Å². The molecule has 1 rings (SSSR count). The van der Waals surface area contributed by atoms with Crippen LogP contribution in [0.25, 0.3) is 0 Å². The van der Waals surface area contributed by atoms with Crippen LogP contribution in [-0.2, 0) is 27.9 Å². The van der Waals surface area contributed by atoms with Crippen LogP contribution in [-0.4, -0.2) is 98.9 Å². The Labute approximate surface area is 314 Å². The van der Waals surface area contributed by atoms with E-state index in [9.17, 15) is 39.8 Å². The lowest BCUT2D eigenvalue weighted by molar-refractivity contribution is -0.220. The summed E-state index contributed by atoms with van der Waals surface area (Å²) in [6.07, 6.45) is 18.7. The third-order valence-electron chi connectivity index (χ3n) is 9.64. The van der Waals surface area contributed by atoms with Gasteiger partial charge >= 0.3 is 13.8 Å². The summed E-state index contributed by atoms with van der Waals surface area (Å²) in [5, 5.41) is 49.9. The van der Waals surface area contributed by atoms with Crippen molar-refractivity contribution < 1.29 is 58.3 Å². The summed E-state index contributed by atoms with van der Waals surface area (Å²) in [5.74, 6) is -0.482. The van der Waals surface area contributed by atoms with Gasteiger partial charge in [0.05, 0.1) is 13.2 Å². The largest absolute Gasteiger partial charge is 0.472 e. The molecule has 12 nitrogen and oxygen atoms in total. The zero-order valence-corrected chi connectivity index (χ0v) is 33.3. The number of aliphatic hydroxyl groups excluding tert-OH is 5. The number of unbranched alkanes of at least 4 members (excludes halogenated alkanes) is 20. The topological polar surface area (TPSA) is 192 Å². The molecule has 0 saturated heterocycles. The molecule has 52 heavy (non-hydrogen) atoms. The molecule has 6 N–H and O–H groups in total. The lowest BCUT2D eigenvalue weighted by Crippen LogP contribution is -2.64. The van der Waals surface area contributed by atoms with Crippen LogP contribution in [0, 0.1) is 0 Å². The fraction of sp³-hybridized carbons (Fsp3) is 0.923. The maximum atomic E-state index is 12.7. The Morgan fingerprint density at radius 3 is 1.52 bits per heavy atom. The summed E-state index contributed by atoms with van der Waals surface area (Å²) in [5.41, 5.74) is 0. The van der Waals surface area contributed by atoms with Crippen molar-refractivity contribution >= 4 is 13.8 Å². The van der Waals surface area contributed by atoms with Crippen LogP contribution in [0.2, 0.25) is 0 Å². The van der Waals surface area contributed by atoms with Crippen molar-refractivity contribution in [1.82, 2.24) is 0 Å². The third-order valence-corrected chi connectivity index (χ3v) is 10.6. The number of esters is 1. The third kappa shape index (κ3) is 23.8. The molecule has 1 aliphatic rings. The van der Waals surface area contributed by atoms with Gasteiger partial charge in [-0.05, 0) is 38.5 Å². The van der Waals surface area contributed by atoms with Gasteiger partial charge in [0.1, 0.15) is 42.7 Å². The van der Waals surface area contributed by atoms with Crippen LogP contribution in [0.5, 0.6) is 0 Å². The first-order valence-corrected chi connectivity index (χ1v) is 22.0. The monoisotopic (exact) mass is 766 g/mol. The van der Waals surface area contributed by atoms with Crippen LogP contribution in [0.4, 0.5) is 0 Å². The Morgan fingerprint density at radius 1 is 0.596 bits per heavy atom. The number of carbonyl (C=O) groups excluding carboxylic acids is 1. The van der Waals surface area contributed by atoms with Gasteiger partial charge in [0.15, 0.2) is 0 Å². The maximum absolute atomic E-state index is 12.7. The minimum absolute atomic E-state index is 0.0765. The summed E-state index contributed by atoms with van der Waals surface area (Å²) < 4.78 is 34.0. The number of hydrogen-bond donors (Lipinski definition) is 6. The van der Waals surface area contributed by atoms with Gasteiger partial charge in [-0.1, -0.05) is 135 Å². The molecule has 0 aromatic heterocycles. The van der Waals surface area contributed by atoms with Crippen LogP contribution >= 0.6 is 7.82 Å². The zero-order chi connectivity index (χ0) is 38.5. The lowest BCUT2D eigenvalue weighted by atomic mass is 9.85. The summed E-state index contributed by atoms with van der Waals surface area (Å²) >= 11 is 0. The van der Waals surface area contributed by atoms with E-state index in [-0.39, 0.29) is 13.0 Å². The van der Waals surface area contributed by atoms with E-state index >= 15 is 0 Å². The van der Waals surface area contributed by atoms with Crippen molar-refractivity contribution in [3.63, 3.8) is 0 Å². The van der Waals surface area contributed by atoms with Gasteiger partial charge in [0, 0.05) is 13.0 Å². The molecule has 1 fully saturated rings. The van der Waals surface area contributed by atoms with Gasteiger partial charge in [-0.3, -0.25) is 13.8 Å². The maximum Gasteiger partial charge on any atom is 0.472 e. The predicted octanol–water partition coefficient (Wildman–Crippen LogP) is 7.19. The highest BCUT2D eigenvalue weighted by atomic mass is 31.2. The van der Waals surface area contributed by atoms with E-state index in [4.69, 9.17) is 18.5 Å². The Balaban J connectivity index is 2.42. The smallest absolute Gasteiger partial charge is 0.457 e. The van der Waals surface area contributed by atoms with Crippen molar-refractivity contribution in [2.75, 3.05) is 19.8 Å². The highest BCUT2D eigenvalue weighted by Crippen LogP contribution is 2.47. The van der Waals surface area contributed by atoms with E-state index < -0.39 is 63.1 Å². The molecule has 0 aromatic carbocycles. The van der Waals surface area contributed by atoms with Gasteiger partial charge in [-0.15, -0.1) is 0 Å². The number of allylic oxidation sites excluding steroid dienone is 2. The van der Waals surface area contributed by atoms with Crippen molar-refractivity contribution in [2.24, 2.45) is 0 Å². The molecular formula is C39H75O12P. The molecule has 308 valence electrons. The van der Waals surface area contributed by atoms with Gasteiger partial charge < -0.3 is 39.9 Å². The summed E-state index contributed by atoms with van der Waals surface area (Å²) in [6, 6.07) is 0. The van der Waals surface area contributed by atoms with Gasteiger partial charge in [-0.25, -0.2) is 4.57 Å². The number of phosphoric ester groups is 1. The van der Waals surface area contributed by atoms with Crippen molar-refractivity contribution in [1.29, 1.82) is 0 Å². The summed E-state index contributed by atoms with van der Waals surface area (Å²) in [7, 11) is -5.00. The summed E-state index contributed by atoms with van der Waals surface area (Å²) in [6.45, 7) is 4.20. The molecule has 0 amide bonds. The van der Waals surface area contributed by atoms with E-state index in [1.54, 1.807) is 0 Å². The number of phosphoric acid groups is 1. The second kappa shape index (κ2) is 31.3. The fourth-order valence-electron chi connectivity index (χ4n) is 6.29. The van der Waals surface area contributed by atoms with Crippen LogP contribution in [0.3, 0.4) is 0 Å². The summed E-state index contributed by atoms with van der Waals surface area (Å²) in [4.78, 5) is 23.0. The normalized spacial score (nSPS) is 23.9. The Morgan fingerprint density at radius 2 is 1.02 bits per heavy atom.